The van der Waals surface area contributed by atoms with Gasteiger partial charge in [-0.25, -0.2) is 4.79 Å². The van der Waals surface area contributed by atoms with Crippen molar-refractivity contribution in [2.75, 3.05) is 18.2 Å². The van der Waals surface area contributed by atoms with Gasteiger partial charge in [0.15, 0.2) is 0 Å². The van der Waals surface area contributed by atoms with Crippen LogP contribution in [0, 0.1) is 6.92 Å². The van der Waals surface area contributed by atoms with Gasteiger partial charge in [-0.05, 0) is 36.8 Å². The average molecular weight is 271 g/mol. The standard InChI is InChI=1S/C15H17N3O2/c1-10-3-4-11(8-17-10)9-18-14-6-5-12(16)7-13(14)15(19)20-2/h3-8,18H,9,16H2,1-2H3. The second-order valence-corrected chi connectivity index (χ2v) is 4.46. The molecule has 3 N–H and O–H groups in total. The molecule has 0 saturated carbocycles. The number of aryl methyl sites for hydroxylation is 1. The van der Waals surface area contributed by atoms with Crippen LogP contribution in [0.1, 0.15) is 21.6 Å². The van der Waals surface area contributed by atoms with E-state index >= 15 is 0 Å². The summed E-state index contributed by atoms with van der Waals surface area (Å²) >= 11 is 0. The highest BCUT2D eigenvalue weighted by molar-refractivity contribution is 5.96. The number of esters is 1. The van der Waals surface area contributed by atoms with E-state index in [1.54, 1.807) is 24.4 Å². The molecular weight excluding hydrogens is 254 g/mol. The first-order valence-electron chi connectivity index (χ1n) is 6.23. The highest BCUT2D eigenvalue weighted by Crippen LogP contribution is 2.20. The van der Waals surface area contributed by atoms with E-state index in [0.717, 1.165) is 11.3 Å². The Labute approximate surface area is 117 Å². The number of aromatic nitrogens is 1. The zero-order valence-electron chi connectivity index (χ0n) is 11.5. The summed E-state index contributed by atoms with van der Waals surface area (Å²) in [5, 5.41) is 3.20. The molecule has 0 bridgehead atoms. The van der Waals surface area contributed by atoms with Gasteiger partial charge in [0.25, 0.3) is 0 Å². The van der Waals surface area contributed by atoms with Crippen LogP contribution in [0.5, 0.6) is 0 Å². The Morgan fingerprint density at radius 2 is 2.15 bits per heavy atom. The van der Waals surface area contributed by atoms with Crippen LogP contribution in [0.15, 0.2) is 36.5 Å². The van der Waals surface area contributed by atoms with E-state index in [2.05, 4.69) is 10.3 Å². The molecule has 0 unspecified atom stereocenters. The molecule has 1 aromatic heterocycles. The number of carbonyl (C=O) groups excluding carboxylic acids is 1. The number of anilines is 2. The van der Waals surface area contributed by atoms with E-state index < -0.39 is 5.97 Å². The lowest BCUT2D eigenvalue weighted by Gasteiger charge is -2.11. The minimum atomic E-state index is -0.415. The molecule has 2 rings (SSSR count). The maximum Gasteiger partial charge on any atom is 0.340 e. The van der Waals surface area contributed by atoms with Crippen LogP contribution in [0.3, 0.4) is 0 Å². The molecule has 0 aliphatic carbocycles. The molecule has 0 aliphatic heterocycles. The molecular formula is C15H17N3O2. The van der Waals surface area contributed by atoms with Gasteiger partial charge in [-0.1, -0.05) is 6.07 Å². The Morgan fingerprint density at radius 3 is 2.80 bits per heavy atom. The van der Waals surface area contributed by atoms with Crippen molar-refractivity contribution in [1.29, 1.82) is 0 Å². The summed E-state index contributed by atoms with van der Waals surface area (Å²) in [6.45, 7) is 2.51. The van der Waals surface area contributed by atoms with Gasteiger partial charge in [-0.3, -0.25) is 4.98 Å². The minimum absolute atomic E-state index is 0.415. The summed E-state index contributed by atoms with van der Waals surface area (Å²) in [5.41, 5.74) is 9.33. The van der Waals surface area contributed by atoms with Gasteiger partial charge in [0.2, 0.25) is 0 Å². The number of benzene rings is 1. The Hall–Kier alpha value is -2.56. The molecule has 20 heavy (non-hydrogen) atoms. The summed E-state index contributed by atoms with van der Waals surface area (Å²) in [7, 11) is 1.35. The van der Waals surface area contributed by atoms with E-state index in [1.165, 1.54) is 7.11 Å². The third kappa shape index (κ3) is 3.26. The van der Waals surface area contributed by atoms with Gasteiger partial charge in [0, 0.05) is 29.8 Å². The fourth-order valence-electron chi connectivity index (χ4n) is 1.80. The van der Waals surface area contributed by atoms with Crippen LogP contribution < -0.4 is 11.1 Å². The number of hydrogen-bond donors (Lipinski definition) is 2. The number of pyridine rings is 1. The number of nitrogens with zero attached hydrogens (tertiary/aromatic N) is 1. The van der Waals surface area contributed by atoms with Crippen LogP contribution in [-0.4, -0.2) is 18.1 Å². The van der Waals surface area contributed by atoms with Gasteiger partial charge in [-0.15, -0.1) is 0 Å². The van der Waals surface area contributed by atoms with Crippen molar-refractivity contribution in [1.82, 2.24) is 4.98 Å². The van der Waals surface area contributed by atoms with Crippen LogP contribution in [0.25, 0.3) is 0 Å². The van der Waals surface area contributed by atoms with Crippen LogP contribution in [0.4, 0.5) is 11.4 Å². The fraction of sp³-hybridized carbons (Fsp3) is 0.200. The monoisotopic (exact) mass is 271 g/mol. The predicted octanol–water partition coefficient (Wildman–Crippen LogP) is 2.37. The molecule has 1 aromatic carbocycles. The molecule has 0 fully saturated rings. The number of ether oxygens (including phenoxy) is 1. The number of nitrogen functional groups attached to an aromatic ring is 1. The van der Waals surface area contributed by atoms with Crippen molar-refractivity contribution < 1.29 is 9.53 Å². The molecule has 0 aliphatic rings. The van der Waals surface area contributed by atoms with Crippen LogP contribution in [-0.2, 0) is 11.3 Å². The first kappa shape index (κ1) is 13.9. The quantitative estimate of drug-likeness (QED) is 0.659. The van der Waals surface area contributed by atoms with E-state index in [0.29, 0.717) is 23.5 Å². The predicted molar refractivity (Wildman–Crippen MR) is 78.5 cm³/mol. The highest BCUT2D eigenvalue weighted by atomic mass is 16.5. The number of hydrogen-bond acceptors (Lipinski definition) is 5. The second kappa shape index (κ2) is 6.06. The Bertz CT molecular complexity index is 609. The maximum absolute atomic E-state index is 11.7. The largest absolute Gasteiger partial charge is 0.465 e. The minimum Gasteiger partial charge on any atom is -0.465 e. The van der Waals surface area contributed by atoms with Gasteiger partial charge in [0.05, 0.1) is 12.7 Å². The zero-order chi connectivity index (χ0) is 14.5. The molecule has 1 heterocycles. The summed E-state index contributed by atoms with van der Waals surface area (Å²) in [6, 6.07) is 9.04. The topological polar surface area (TPSA) is 77.2 Å². The maximum atomic E-state index is 11.7. The summed E-state index contributed by atoms with van der Waals surface area (Å²) in [4.78, 5) is 15.9. The fourth-order valence-corrected chi connectivity index (χ4v) is 1.80. The molecule has 104 valence electrons. The van der Waals surface area contributed by atoms with Crippen molar-refractivity contribution in [2.24, 2.45) is 0 Å². The number of rotatable bonds is 4. The van der Waals surface area contributed by atoms with Crippen LogP contribution in [0.2, 0.25) is 0 Å². The van der Waals surface area contributed by atoms with E-state index in [9.17, 15) is 4.79 Å². The lowest BCUT2D eigenvalue weighted by molar-refractivity contribution is 0.0602. The lowest BCUT2D eigenvalue weighted by atomic mass is 10.1. The van der Waals surface area contributed by atoms with Gasteiger partial charge < -0.3 is 15.8 Å². The van der Waals surface area contributed by atoms with Gasteiger partial charge >= 0.3 is 5.97 Å². The smallest absolute Gasteiger partial charge is 0.340 e. The normalized spacial score (nSPS) is 10.1. The van der Waals surface area contributed by atoms with Gasteiger partial charge in [-0.2, -0.15) is 0 Å². The number of nitrogens with one attached hydrogen (secondary N) is 1. The number of nitrogens with two attached hydrogens (primary N) is 1. The van der Waals surface area contributed by atoms with Crippen molar-refractivity contribution in [3.63, 3.8) is 0 Å². The molecule has 2 aromatic rings. The number of methoxy groups -OCH3 is 1. The van der Waals surface area contributed by atoms with Crippen molar-refractivity contribution >= 4 is 17.3 Å². The van der Waals surface area contributed by atoms with E-state index in [1.807, 2.05) is 19.1 Å². The zero-order valence-corrected chi connectivity index (χ0v) is 11.5. The average Bonchev–Trinajstić information content (AvgIpc) is 2.46. The lowest BCUT2D eigenvalue weighted by Crippen LogP contribution is -2.09. The van der Waals surface area contributed by atoms with Crippen LogP contribution >= 0.6 is 0 Å². The molecule has 0 saturated heterocycles. The second-order valence-electron chi connectivity index (χ2n) is 4.46. The first-order chi connectivity index (χ1) is 9.60. The first-order valence-corrected chi connectivity index (χ1v) is 6.23. The number of carbonyl (C=O) groups is 1. The Balaban J connectivity index is 2.16. The molecule has 5 heteroatoms. The summed E-state index contributed by atoms with van der Waals surface area (Å²) < 4.78 is 4.75. The Morgan fingerprint density at radius 1 is 1.35 bits per heavy atom. The Kier molecular flexibility index (Phi) is 4.20. The van der Waals surface area contributed by atoms with Gasteiger partial charge in [0.1, 0.15) is 0 Å². The molecule has 0 amide bonds. The SMILES string of the molecule is COC(=O)c1cc(N)ccc1NCc1ccc(C)nc1. The molecule has 0 atom stereocenters. The van der Waals surface area contributed by atoms with Crippen molar-refractivity contribution in [3.05, 3.63) is 53.3 Å². The molecule has 0 radical (unpaired) electrons. The van der Waals surface area contributed by atoms with E-state index in [4.69, 9.17) is 10.5 Å². The van der Waals surface area contributed by atoms with Crippen molar-refractivity contribution in [3.8, 4) is 0 Å². The summed E-state index contributed by atoms with van der Waals surface area (Å²) in [6.07, 6.45) is 1.80. The van der Waals surface area contributed by atoms with Crippen molar-refractivity contribution in [2.45, 2.75) is 13.5 Å². The molecule has 0 spiro atoms. The third-order valence-electron chi connectivity index (χ3n) is 2.90. The highest BCUT2D eigenvalue weighted by Gasteiger charge is 2.12. The third-order valence-corrected chi connectivity index (χ3v) is 2.90. The van der Waals surface area contributed by atoms with E-state index in [-0.39, 0.29) is 0 Å². The summed E-state index contributed by atoms with van der Waals surface area (Å²) in [5.74, 6) is -0.415. The molecule has 5 nitrogen and oxygen atoms in total.